The molecule has 1 saturated heterocycles. The summed E-state index contributed by atoms with van der Waals surface area (Å²) in [6, 6.07) is 5.46. The van der Waals surface area contributed by atoms with Crippen LogP contribution >= 0.6 is 0 Å². The van der Waals surface area contributed by atoms with E-state index in [1.807, 2.05) is 19.1 Å². The average molecular weight is 314 g/mol. The average Bonchev–Trinajstić information content (AvgIpc) is 2.43. The largest absolute Gasteiger partial charge is 0.504 e. The highest BCUT2D eigenvalue weighted by molar-refractivity contribution is 7.88. The third-order valence-electron chi connectivity index (χ3n) is 3.58. The Kier molecular flexibility index (Phi) is 5.08. The zero-order valence-corrected chi connectivity index (χ0v) is 13.3. The number of ether oxygens (including phenoxy) is 1. The van der Waals surface area contributed by atoms with Gasteiger partial charge in [0, 0.05) is 38.3 Å². The Morgan fingerprint density at radius 3 is 2.48 bits per heavy atom. The van der Waals surface area contributed by atoms with E-state index in [4.69, 9.17) is 4.74 Å². The van der Waals surface area contributed by atoms with Crippen molar-refractivity contribution in [2.45, 2.75) is 13.5 Å². The van der Waals surface area contributed by atoms with Gasteiger partial charge >= 0.3 is 0 Å². The fourth-order valence-electron chi connectivity index (χ4n) is 2.43. The van der Waals surface area contributed by atoms with Crippen LogP contribution in [0.5, 0.6) is 11.5 Å². The van der Waals surface area contributed by atoms with Crippen molar-refractivity contribution in [1.82, 2.24) is 9.21 Å². The van der Waals surface area contributed by atoms with Gasteiger partial charge in [0.2, 0.25) is 10.0 Å². The van der Waals surface area contributed by atoms with E-state index in [-0.39, 0.29) is 5.75 Å². The number of phenolic OH excluding ortho intramolecular Hbond substituents is 1. The Morgan fingerprint density at radius 1 is 1.24 bits per heavy atom. The number of aromatic hydroxyl groups is 1. The summed E-state index contributed by atoms with van der Waals surface area (Å²) in [4.78, 5) is 2.13. The molecule has 0 radical (unpaired) electrons. The second kappa shape index (κ2) is 6.64. The molecule has 118 valence electrons. The topological polar surface area (TPSA) is 70.1 Å². The highest BCUT2D eigenvalue weighted by Crippen LogP contribution is 2.30. The Balaban J connectivity index is 1.99. The first-order valence-electron chi connectivity index (χ1n) is 7.03. The molecule has 0 aliphatic carbocycles. The van der Waals surface area contributed by atoms with E-state index in [0.29, 0.717) is 45.1 Å². The third kappa shape index (κ3) is 4.09. The molecule has 1 aromatic carbocycles. The van der Waals surface area contributed by atoms with Crippen molar-refractivity contribution < 1.29 is 18.3 Å². The molecule has 0 spiro atoms. The van der Waals surface area contributed by atoms with Crippen LogP contribution < -0.4 is 4.74 Å². The van der Waals surface area contributed by atoms with Gasteiger partial charge < -0.3 is 9.84 Å². The fraction of sp³-hybridized carbons (Fsp3) is 0.571. The van der Waals surface area contributed by atoms with Crippen molar-refractivity contribution >= 4 is 10.0 Å². The minimum Gasteiger partial charge on any atom is -0.504 e. The van der Waals surface area contributed by atoms with Crippen molar-refractivity contribution in [3.63, 3.8) is 0 Å². The van der Waals surface area contributed by atoms with Gasteiger partial charge in [0.15, 0.2) is 11.5 Å². The third-order valence-corrected chi connectivity index (χ3v) is 4.88. The number of benzene rings is 1. The molecule has 1 aliphatic rings. The van der Waals surface area contributed by atoms with E-state index < -0.39 is 10.0 Å². The summed E-state index contributed by atoms with van der Waals surface area (Å²) in [5, 5.41) is 10.2. The van der Waals surface area contributed by atoms with Crippen LogP contribution in [0.2, 0.25) is 0 Å². The van der Waals surface area contributed by atoms with Gasteiger partial charge in [0.25, 0.3) is 0 Å². The summed E-state index contributed by atoms with van der Waals surface area (Å²) in [6.07, 6.45) is 1.24. The Hall–Kier alpha value is -1.31. The van der Waals surface area contributed by atoms with Crippen molar-refractivity contribution in [1.29, 1.82) is 0 Å². The smallest absolute Gasteiger partial charge is 0.211 e. The molecule has 0 unspecified atom stereocenters. The van der Waals surface area contributed by atoms with Crippen LogP contribution in [0.1, 0.15) is 12.5 Å². The van der Waals surface area contributed by atoms with Gasteiger partial charge in [-0.2, -0.15) is 4.31 Å². The molecule has 0 aromatic heterocycles. The predicted octanol–water partition coefficient (Wildman–Crippen LogP) is 0.868. The van der Waals surface area contributed by atoms with Gasteiger partial charge in [0.1, 0.15) is 0 Å². The van der Waals surface area contributed by atoms with Crippen LogP contribution in [0.15, 0.2) is 18.2 Å². The van der Waals surface area contributed by atoms with Crippen molar-refractivity contribution in [3.05, 3.63) is 23.8 Å². The van der Waals surface area contributed by atoms with Crippen LogP contribution in [0.4, 0.5) is 0 Å². The van der Waals surface area contributed by atoms with Crippen LogP contribution in [0, 0.1) is 0 Å². The summed E-state index contributed by atoms with van der Waals surface area (Å²) < 4.78 is 29.8. The van der Waals surface area contributed by atoms with E-state index in [0.717, 1.165) is 5.56 Å². The number of phenols is 1. The van der Waals surface area contributed by atoms with E-state index in [2.05, 4.69) is 4.90 Å². The lowest BCUT2D eigenvalue weighted by Gasteiger charge is -2.33. The second-order valence-corrected chi connectivity index (χ2v) is 7.12. The molecule has 1 aliphatic heterocycles. The van der Waals surface area contributed by atoms with E-state index in [1.54, 1.807) is 6.07 Å². The molecule has 6 nitrogen and oxygen atoms in total. The lowest BCUT2D eigenvalue weighted by Crippen LogP contribution is -2.47. The number of nitrogens with zero attached hydrogens (tertiary/aromatic N) is 2. The normalized spacial score (nSPS) is 17.8. The molecule has 0 amide bonds. The van der Waals surface area contributed by atoms with Gasteiger partial charge in [-0.1, -0.05) is 12.1 Å². The minimum absolute atomic E-state index is 0.171. The summed E-state index contributed by atoms with van der Waals surface area (Å²) in [5.74, 6) is 0.662. The van der Waals surface area contributed by atoms with Gasteiger partial charge in [-0.25, -0.2) is 8.42 Å². The Labute approximate surface area is 126 Å². The second-order valence-electron chi connectivity index (χ2n) is 5.14. The molecular formula is C14H22N2O4S. The monoisotopic (exact) mass is 314 g/mol. The first-order valence-corrected chi connectivity index (χ1v) is 8.87. The van der Waals surface area contributed by atoms with Gasteiger partial charge in [-0.05, 0) is 13.0 Å². The van der Waals surface area contributed by atoms with E-state index in [9.17, 15) is 13.5 Å². The number of para-hydroxylation sites is 1. The molecule has 0 saturated carbocycles. The maximum absolute atomic E-state index is 11.5. The molecule has 2 rings (SSSR count). The minimum atomic E-state index is -3.11. The maximum Gasteiger partial charge on any atom is 0.211 e. The molecule has 1 N–H and O–H groups in total. The molecular weight excluding hydrogens is 292 g/mol. The Morgan fingerprint density at radius 2 is 1.90 bits per heavy atom. The predicted molar refractivity (Wildman–Crippen MR) is 81.0 cm³/mol. The number of piperazine rings is 1. The lowest BCUT2D eigenvalue weighted by atomic mass is 10.1. The van der Waals surface area contributed by atoms with Crippen LogP contribution in [0.25, 0.3) is 0 Å². The molecule has 0 bridgehead atoms. The standard InChI is InChI=1S/C14H22N2O4S/c1-3-20-13-6-4-5-12(14(13)17)11-15-7-9-16(10-8-15)21(2,18)19/h4-6,17H,3,7-11H2,1-2H3. The molecule has 7 heteroatoms. The zero-order chi connectivity index (χ0) is 15.5. The SMILES string of the molecule is CCOc1cccc(CN2CCN(S(C)(=O)=O)CC2)c1O. The summed E-state index contributed by atoms with van der Waals surface area (Å²) in [7, 11) is -3.11. The highest BCUT2D eigenvalue weighted by Gasteiger charge is 2.24. The van der Waals surface area contributed by atoms with Crippen LogP contribution in [-0.2, 0) is 16.6 Å². The van der Waals surface area contributed by atoms with E-state index in [1.165, 1.54) is 10.6 Å². The van der Waals surface area contributed by atoms with Crippen LogP contribution in [-0.4, -0.2) is 61.8 Å². The molecule has 21 heavy (non-hydrogen) atoms. The zero-order valence-electron chi connectivity index (χ0n) is 12.4. The van der Waals surface area contributed by atoms with Crippen LogP contribution in [0.3, 0.4) is 0 Å². The maximum atomic E-state index is 11.5. The van der Waals surface area contributed by atoms with E-state index >= 15 is 0 Å². The molecule has 0 atom stereocenters. The number of hydrogen-bond donors (Lipinski definition) is 1. The van der Waals surface area contributed by atoms with Crippen molar-refractivity contribution in [2.24, 2.45) is 0 Å². The fourth-order valence-corrected chi connectivity index (χ4v) is 3.25. The highest BCUT2D eigenvalue weighted by atomic mass is 32.2. The number of sulfonamides is 1. The molecule has 1 fully saturated rings. The van der Waals surface area contributed by atoms with Gasteiger partial charge in [0.05, 0.1) is 12.9 Å². The number of hydrogen-bond acceptors (Lipinski definition) is 5. The first kappa shape index (κ1) is 16.1. The summed E-state index contributed by atoms with van der Waals surface area (Å²) in [5.41, 5.74) is 0.800. The molecule has 1 aromatic rings. The number of rotatable bonds is 5. The first-order chi connectivity index (χ1) is 9.91. The van der Waals surface area contributed by atoms with Crippen molar-refractivity contribution in [2.75, 3.05) is 39.0 Å². The summed E-state index contributed by atoms with van der Waals surface area (Å²) >= 11 is 0. The van der Waals surface area contributed by atoms with Crippen molar-refractivity contribution in [3.8, 4) is 11.5 Å². The van der Waals surface area contributed by atoms with Gasteiger partial charge in [-0.15, -0.1) is 0 Å². The summed E-state index contributed by atoms with van der Waals surface area (Å²) in [6.45, 7) is 5.26. The Bertz CT molecular complexity index is 581. The quantitative estimate of drug-likeness (QED) is 0.873. The lowest BCUT2D eigenvalue weighted by molar-refractivity contribution is 0.180. The molecule has 1 heterocycles. The van der Waals surface area contributed by atoms with Gasteiger partial charge in [-0.3, -0.25) is 4.90 Å².